The Hall–Kier alpha value is 0.01000. The fraction of sp³-hybridized carbons (Fsp3) is 0.333. The van der Waals surface area contributed by atoms with E-state index in [1.54, 1.807) is 12.1 Å². The van der Waals surface area contributed by atoms with Crippen LogP contribution in [0.1, 0.15) is 18.4 Å². The fourth-order valence-electron chi connectivity index (χ4n) is 1.14. The summed E-state index contributed by atoms with van der Waals surface area (Å²) in [6.45, 7) is 2.43. The van der Waals surface area contributed by atoms with E-state index in [0.29, 0.717) is 16.7 Å². The smallest absolute Gasteiger partial charge is 0.0745 e. The van der Waals surface area contributed by atoms with Gasteiger partial charge in [-0.2, -0.15) is 0 Å². The minimum atomic E-state index is 0. The summed E-state index contributed by atoms with van der Waals surface area (Å²) in [4.78, 5) is 4.55. The van der Waals surface area contributed by atoms with E-state index in [1.165, 1.54) is 0 Å². The predicted octanol–water partition coefficient (Wildman–Crippen LogP) is 3.41. The Balaban J connectivity index is 0.00000169. The van der Waals surface area contributed by atoms with E-state index in [-0.39, 0.29) is 18.3 Å². The van der Waals surface area contributed by atoms with Crippen LogP contribution >= 0.6 is 35.6 Å². The molecule has 0 amide bonds. The monoisotopic (exact) mass is 255 g/mol. The standard InChI is InChI=1S/C9H11Cl2NO.ClH/c1-6(5-13-12)8-3-2-7(10)4-9(8)11;/h2-4,6H,5,12H2,1H3;1H. The van der Waals surface area contributed by atoms with Crippen LogP contribution in [0, 0.1) is 0 Å². The summed E-state index contributed by atoms with van der Waals surface area (Å²) in [5.74, 6) is 5.15. The molecule has 1 rings (SSSR count). The summed E-state index contributed by atoms with van der Waals surface area (Å²) in [7, 11) is 0. The summed E-state index contributed by atoms with van der Waals surface area (Å²) in [5.41, 5.74) is 0.997. The van der Waals surface area contributed by atoms with Crippen molar-refractivity contribution in [2.45, 2.75) is 12.8 Å². The molecule has 2 nitrogen and oxygen atoms in total. The summed E-state index contributed by atoms with van der Waals surface area (Å²) < 4.78 is 0. The van der Waals surface area contributed by atoms with Crippen LogP contribution < -0.4 is 5.90 Å². The summed E-state index contributed by atoms with van der Waals surface area (Å²) in [6.07, 6.45) is 0. The summed E-state index contributed by atoms with van der Waals surface area (Å²) in [6, 6.07) is 5.40. The van der Waals surface area contributed by atoms with Gasteiger partial charge in [-0.3, -0.25) is 0 Å². The molecule has 0 aromatic heterocycles. The van der Waals surface area contributed by atoms with Crippen LogP contribution in [0.15, 0.2) is 18.2 Å². The fourth-order valence-corrected chi connectivity index (χ4v) is 1.73. The van der Waals surface area contributed by atoms with Crippen molar-refractivity contribution in [1.82, 2.24) is 0 Å². The van der Waals surface area contributed by atoms with Gasteiger partial charge in [0.25, 0.3) is 0 Å². The Bertz CT molecular complexity index is 293. The second-order valence-corrected chi connectivity index (χ2v) is 3.74. The molecule has 0 heterocycles. The van der Waals surface area contributed by atoms with Crippen molar-refractivity contribution in [2.24, 2.45) is 5.90 Å². The van der Waals surface area contributed by atoms with Crippen molar-refractivity contribution >= 4 is 35.6 Å². The largest absolute Gasteiger partial charge is 0.304 e. The molecule has 0 spiro atoms. The molecule has 0 bridgehead atoms. The average molecular weight is 257 g/mol. The van der Waals surface area contributed by atoms with Gasteiger partial charge in [0.15, 0.2) is 0 Å². The van der Waals surface area contributed by atoms with Gasteiger partial charge in [0.1, 0.15) is 0 Å². The first-order valence-corrected chi connectivity index (χ1v) is 4.67. The molecular weight excluding hydrogens is 244 g/mol. The lowest BCUT2D eigenvalue weighted by molar-refractivity contribution is 0.126. The van der Waals surface area contributed by atoms with Gasteiger partial charge in [0.05, 0.1) is 6.61 Å². The third kappa shape index (κ3) is 3.64. The molecule has 1 aromatic rings. The summed E-state index contributed by atoms with van der Waals surface area (Å²) in [5, 5.41) is 1.28. The molecule has 2 N–H and O–H groups in total. The quantitative estimate of drug-likeness (QED) is 0.841. The van der Waals surface area contributed by atoms with Crippen molar-refractivity contribution in [2.75, 3.05) is 6.61 Å². The molecule has 0 aliphatic carbocycles. The first-order chi connectivity index (χ1) is 6.15. The van der Waals surface area contributed by atoms with E-state index in [9.17, 15) is 0 Å². The lowest BCUT2D eigenvalue weighted by Crippen LogP contribution is -2.08. The number of halogens is 3. The number of benzene rings is 1. The normalized spacial score (nSPS) is 12.0. The van der Waals surface area contributed by atoms with Gasteiger partial charge in [-0.05, 0) is 17.7 Å². The highest BCUT2D eigenvalue weighted by Crippen LogP contribution is 2.27. The molecule has 1 unspecified atom stereocenters. The van der Waals surface area contributed by atoms with Gasteiger partial charge in [-0.25, -0.2) is 5.90 Å². The van der Waals surface area contributed by atoms with Crippen molar-refractivity contribution in [3.8, 4) is 0 Å². The molecule has 14 heavy (non-hydrogen) atoms. The molecule has 0 aliphatic heterocycles. The molecule has 0 radical (unpaired) electrons. The van der Waals surface area contributed by atoms with Crippen LogP contribution in [0.2, 0.25) is 10.0 Å². The van der Waals surface area contributed by atoms with Crippen LogP contribution in [-0.4, -0.2) is 6.61 Å². The van der Waals surface area contributed by atoms with Gasteiger partial charge in [-0.1, -0.05) is 36.2 Å². The first kappa shape index (κ1) is 14.0. The van der Waals surface area contributed by atoms with E-state index in [1.807, 2.05) is 13.0 Å². The minimum absolute atomic E-state index is 0. The number of hydrogen-bond acceptors (Lipinski definition) is 2. The molecule has 0 aliphatic rings. The van der Waals surface area contributed by atoms with Gasteiger partial charge in [0.2, 0.25) is 0 Å². The van der Waals surface area contributed by atoms with E-state index in [2.05, 4.69) is 4.84 Å². The molecular formula is C9H12Cl3NO. The minimum Gasteiger partial charge on any atom is -0.304 e. The Morgan fingerprint density at radius 3 is 2.57 bits per heavy atom. The van der Waals surface area contributed by atoms with Crippen molar-refractivity contribution in [3.05, 3.63) is 33.8 Å². The number of hydrogen-bond donors (Lipinski definition) is 1. The molecule has 1 atom stereocenters. The predicted molar refractivity (Wildman–Crippen MR) is 62.3 cm³/mol. The topological polar surface area (TPSA) is 35.2 Å². The van der Waals surface area contributed by atoms with Gasteiger partial charge < -0.3 is 4.84 Å². The van der Waals surface area contributed by atoms with Gasteiger partial charge in [0, 0.05) is 16.0 Å². The maximum Gasteiger partial charge on any atom is 0.0745 e. The third-order valence-corrected chi connectivity index (χ3v) is 2.40. The molecule has 0 saturated heterocycles. The maximum atomic E-state index is 5.98. The average Bonchev–Trinajstić information content (AvgIpc) is 2.04. The van der Waals surface area contributed by atoms with E-state index < -0.39 is 0 Å². The molecule has 0 saturated carbocycles. The highest BCUT2D eigenvalue weighted by atomic mass is 35.5. The lowest BCUT2D eigenvalue weighted by Gasteiger charge is -2.11. The Labute approximate surface area is 99.7 Å². The Kier molecular flexibility index (Phi) is 6.49. The van der Waals surface area contributed by atoms with Crippen molar-refractivity contribution < 1.29 is 4.84 Å². The Morgan fingerprint density at radius 1 is 1.43 bits per heavy atom. The lowest BCUT2D eigenvalue weighted by atomic mass is 10.0. The van der Waals surface area contributed by atoms with Crippen molar-refractivity contribution in [3.63, 3.8) is 0 Å². The Morgan fingerprint density at radius 2 is 2.07 bits per heavy atom. The SMILES string of the molecule is CC(CON)c1ccc(Cl)cc1Cl.Cl. The molecule has 5 heteroatoms. The second kappa shape index (κ2) is 6.49. The zero-order valence-electron chi connectivity index (χ0n) is 7.67. The molecule has 1 aromatic carbocycles. The third-order valence-electron chi connectivity index (χ3n) is 1.84. The van der Waals surface area contributed by atoms with Gasteiger partial charge in [-0.15, -0.1) is 12.4 Å². The zero-order chi connectivity index (χ0) is 9.84. The maximum absolute atomic E-state index is 5.98. The van der Waals surface area contributed by atoms with Crippen LogP contribution in [0.5, 0.6) is 0 Å². The van der Waals surface area contributed by atoms with Gasteiger partial charge >= 0.3 is 0 Å². The van der Waals surface area contributed by atoms with Crippen LogP contribution in [0.4, 0.5) is 0 Å². The number of rotatable bonds is 3. The van der Waals surface area contributed by atoms with Crippen molar-refractivity contribution in [1.29, 1.82) is 0 Å². The van der Waals surface area contributed by atoms with E-state index in [4.69, 9.17) is 29.1 Å². The highest BCUT2D eigenvalue weighted by molar-refractivity contribution is 6.35. The highest BCUT2D eigenvalue weighted by Gasteiger charge is 2.09. The molecule has 80 valence electrons. The van der Waals surface area contributed by atoms with E-state index >= 15 is 0 Å². The van der Waals surface area contributed by atoms with Crippen LogP contribution in [-0.2, 0) is 4.84 Å². The second-order valence-electron chi connectivity index (χ2n) is 2.90. The zero-order valence-corrected chi connectivity index (χ0v) is 9.99. The van der Waals surface area contributed by atoms with Crippen LogP contribution in [0.25, 0.3) is 0 Å². The molecule has 0 fully saturated rings. The first-order valence-electron chi connectivity index (χ1n) is 3.91. The number of nitrogens with two attached hydrogens (primary N) is 1. The van der Waals surface area contributed by atoms with E-state index in [0.717, 1.165) is 5.56 Å². The summed E-state index contributed by atoms with van der Waals surface area (Å²) >= 11 is 11.7. The van der Waals surface area contributed by atoms with Crippen LogP contribution in [0.3, 0.4) is 0 Å².